The molecule has 1 aliphatic rings. The highest BCUT2D eigenvalue weighted by molar-refractivity contribution is 6.29. The van der Waals surface area contributed by atoms with Gasteiger partial charge in [-0.1, -0.05) is 87.6 Å². The molecule has 152 valence electrons. The minimum Gasteiger partial charge on any atom is -0.337 e. The topological polar surface area (TPSA) is 66.5 Å². The standard InChI is InChI=1S/C24H28N2O3/c1-2-3-4-5-6-12-17-25-24(29)26-20-16-11-10-15-19(20)21(23(26)28)22(27)18-13-8-7-9-14-18/h7-11,13-16,21H,2-6,12,17H2,1H3,(H,25,29). The molecule has 5 heteroatoms. The van der Waals surface area contributed by atoms with Gasteiger partial charge in [0.2, 0.25) is 0 Å². The van der Waals surface area contributed by atoms with Gasteiger partial charge in [0.15, 0.2) is 5.78 Å². The van der Waals surface area contributed by atoms with Gasteiger partial charge in [0.1, 0.15) is 5.92 Å². The molecule has 1 aliphatic heterocycles. The first-order valence-electron chi connectivity index (χ1n) is 10.4. The van der Waals surface area contributed by atoms with E-state index in [9.17, 15) is 14.4 Å². The predicted molar refractivity (Wildman–Crippen MR) is 114 cm³/mol. The Hall–Kier alpha value is -2.95. The zero-order valence-corrected chi connectivity index (χ0v) is 16.9. The van der Waals surface area contributed by atoms with Crippen LogP contribution in [0.15, 0.2) is 54.6 Å². The van der Waals surface area contributed by atoms with Crippen LogP contribution in [-0.4, -0.2) is 24.3 Å². The summed E-state index contributed by atoms with van der Waals surface area (Å²) >= 11 is 0. The smallest absolute Gasteiger partial charge is 0.328 e. The zero-order chi connectivity index (χ0) is 20.6. The number of unbranched alkanes of at least 4 members (excludes halogenated alkanes) is 5. The number of amides is 3. The van der Waals surface area contributed by atoms with E-state index in [0.29, 0.717) is 23.4 Å². The third-order valence-electron chi connectivity index (χ3n) is 5.29. The zero-order valence-electron chi connectivity index (χ0n) is 16.9. The number of carbonyl (C=O) groups is 3. The highest BCUT2D eigenvalue weighted by Crippen LogP contribution is 2.39. The molecule has 1 N–H and O–H groups in total. The lowest BCUT2D eigenvalue weighted by Crippen LogP contribution is -2.43. The summed E-state index contributed by atoms with van der Waals surface area (Å²) in [6.45, 7) is 2.70. The number of hydrogen-bond acceptors (Lipinski definition) is 3. The lowest BCUT2D eigenvalue weighted by atomic mass is 9.92. The van der Waals surface area contributed by atoms with E-state index in [1.807, 2.05) is 6.07 Å². The fraction of sp³-hybridized carbons (Fsp3) is 0.375. The minimum atomic E-state index is -0.978. The van der Waals surface area contributed by atoms with Crippen molar-refractivity contribution in [3.63, 3.8) is 0 Å². The van der Waals surface area contributed by atoms with Crippen molar-refractivity contribution in [2.45, 2.75) is 51.4 Å². The van der Waals surface area contributed by atoms with Crippen LogP contribution in [0, 0.1) is 0 Å². The number of fused-ring (bicyclic) bond motifs is 1. The number of hydrogen-bond donors (Lipinski definition) is 1. The monoisotopic (exact) mass is 392 g/mol. The number of carbonyl (C=O) groups excluding carboxylic acids is 3. The molecule has 0 saturated heterocycles. The molecule has 0 aromatic heterocycles. The van der Waals surface area contributed by atoms with E-state index in [1.165, 1.54) is 19.3 Å². The number of para-hydroxylation sites is 1. The van der Waals surface area contributed by atoms with Gasteiger partial charge in [-0.3, -0.25) is 9.59 Å². The third kappa shape index (κ3) is 4.73. The second kappa shape index (κ2) is 10.0. The van der Waals surface area contributed by atoms with Crippen LogP contribution >= 0.6 is 0 Å². The van der Waals surface area contributed by atoms with Gasteiger partial charge < -0.3 is 5.32 Å². The first kappa shape index (κ1) is 20.8. The number of urea groups is 1. The van der Waals surface area contributed by atoms with E-state index in [1.54, 1.807) is 48.5 Å². The molecular formula is C24H28N2O3. The van der Waals surface area contributed by atoms with Crippen LogP contribution in [0.5, 0.6) is 0 Å². The molecule has 0 saturated carbocycles. The van der Waals surface area contributed by atoms with Crippen LogP contribution in [0.3, 0.4) is 0 Å². The first-order chi connectivity index (χ1) is 14.1. The molecular weight excluding hydrogens is 364 g/mol. The molecule has 0 radical (unpaired) electrons. The molecule has 2 aromatic rings. The molecule has 1 atom stereocenters. The van der Waals surface area contributed by atoms with Crippen molar-refractivity contribution in [3.8, 4) is 0 Å². The molecule has 3 rings (SSSR count). The summed E-state index contributed by atoms with van der Waals surface area (Å²) in [4.78, 5) is 39.9. The molecule has 1 heterocycles. The lowest BCUT2D eigenvalue weighted by Gasteiger charge is -2.17. The summed E-state index contributed by atoms with van der Waals surface area (Å²) in [6, 6.07) is 15.3. The number of rotatable bonds is 9. The van der Waals surface area contributed by atoms with E-state index < -0.39 is 17.9 Å². The van der Waals surface area contributed by atoms with Crippen LogP contribution in [0.4, 0.5) is 10.5 Å². The van der Waals surface area contributed by atoms with Crippen molar-refractivity contribution in [2.24, 2.45) is 0 Å². The van der Waals surface area contributed by atoms with Crippen LogP contribution in [0.25, 0.3) is 0 Å². The van der Waals surface area contributed by atoms with E-state index in [-0.39, 0.29) is 5.78 Å². The summed E-state index contributed by atoms with van der Waals surface area (Å²) in [6.07, 6.45) is 6.75. The van der Waals surface area contributed by atoms with Gasteiger partial charge in [0.05, 0.1) is 5.69 Å². The molecule has 1 unspecified atom stereocenters. The summed E-state index contributed by atoms with van der Waals surface area (Å²) in [5, 5.41) is 2.84. The first-order valence-corrected chi connectivity index (χ1v) is 10.4. The largest absolute Gasteiger partial charge is 0.337 e. The van der Waals surface area contributed by atoms with Gasteiger partial charge in [-0.25, -0.2) is 9.69 Å². The molecule has 29 heavy (non-hydrogen) atoms. The number of nitrogens with one attached hydrogen (secondary N) is 1. The fourth-order valence-corrected chi connectivity index (χ4v) is 3.73. The SMILES string of the molecule is CCCCCCCCNC(=O)N1C(=O)C(C(=O)c2ccccc2)c2ccccc21. The van der Waals surface area contributed by atoms with Crippen LogP contribution in [0.2, 0.25) is 0 Å². The number of imide groups is 1. The molecule has 0 spiro atoms. The lowest BCUT2D eigenvalue weighted by molar-refractivity contribution is -0.117. The van der Waals surface area contributed by atoms with Crippen molar-refractivity contribution in [1.29, 1.82) is 0 Å². The predicted octanol–water partition coefficient (Wildman–Crippen LogP) is 5.07. The Morgan fingerprint density at radius 1 is 0.897 bits per heavy atom. The average Bonchev–Trinajstić information content (AvgIpc) is 3.05. The van der Waals surface area contributed by atoms with Crippen LogP contribution in [-0.2, 0) is 4.79 Å². The van der Waals surface area contributed by atoms with E-state index >= 15 is 0 Å². The summed E-state index contributed by atoms with van der Waals surface area (Å²) < 4.78 is 0. The second-order valence-corrected chi connectivity index (χ2v) is 7.40. The normalized spacial score (nSPS) is 15.3. The van der Waals surface area contributed by atoms with Crippen molar-refractivity contribution in [3.05, 3.63) is 65.7 Å². The molecule has 0 bridgehead atoms. The van der Waals surface area contributed by atoms with Crippen molar-refractivity contribution >= 4 is 23.4 Å². The number of anilines is 1. The maximum absolute atomic E-state index is 13.1. The third-order valence-corrected chi connectivity index (χ3v) is 5.29. The maximum Gasteiger partial charge on any atom is 0.328 e. The van der Waals surface area contributed by atoms with E-state index in [4.69, 9.17) is 0 Å². The molecule has 0 fully saturated rings. The van der Waals surface area contributed by atoms with E-state index in [0.717, 1.165) is 24.2 Å². The van der Waals surface area contributed by atoms with Gasteiger partial charge >= 0.3 is 6.03 Å². The van der Waals surface area contributed by atoms with Crippen molar-refractivity contribution in [1.82, 2.24) is 5.32 Å². The van der Waals surface area contributed by atoms with Gasteiger partial charge in [0, 0.05) is 12.1 Å². The van der Waals surface area contributed by atoms with Gasteiger partial charge in [0.25, 0.3) is 5.91 Å². The Morgan fingerprint density at radius 2 is 1.55 bits per heavy atom. The molecule has 2 aromatic carbocycles. The van der Waals surface area contributed by atoms with Gasteiger partial charge in [-0.05, 0) is 18.1 Å². The van der Waals surface area contributed by atoms with Gasteiger partial charge in [-0.2, -0.15) is 0 Å². The second-order valence-electron chi connectivity index (χ2n) is 7.40. The number of benzene rings is 2. The maximum atomic E-state index is 13.1. The summed E-state index contributed by atoms with van der Waals surface area (Å²) in [7, 11) is 0. The summed E-state index contributed by atoms with van der Waals surface area (Å²) in [5.41, 5.74) is 1.54. The quantitative estimate of drug-likeness (QED) is 0.368. The Bertz CT molecular complexity index is 863. The Labute approximate surface area is 172 Å². The van der Waals surface area contributed by atoms with Crippen molar-refractivity contribution < 1.29 is 14.4 Å². The number of nitrogens with zero attached hydrogens (tertiary/aromatic N) is 1. The average molecular weight is 392 g/mol. The summed E-state index contributed by atoms with van der Waals surface area (Å²) in [5.74, 6) is -1.75. The molecule has 3 amide bonds. The molecule has 0 aliphatic carbocycles. The Morgan fingerprint density at radius 3 is 2.31 bits per heavy atom. The Kier molecular flexibility index (Phi) is 7.17. The minimum absolute atomic E-state index is 0.283. The number of Topliss-reactive ketones (excluding diaryl/α,β-unsaturated/α-hetero) is 1. The Balaban J connectivity index is 1.68. The fourth-order valence-electron chi connectivity index (χ4n) is 3.73. The highest BCUT2D eigenvalue weighted by Gasteiger charge is 2.44. The van der Waals surface area contributed by atoms with Gasteiger partial charge in [-0.15, -0.1) is 0 Å². The number of ketones is 1. The highest BCUT2D eigenvalue weighted by atomic mass is 16.2. The molecule has 5 nitrogen and oxygen atoms in total. The van der Waals surface area contributed by atoms with E-state index in [2.05, 4.69) is 12.2 Å². The van der Waals surface area contributed by atoms with Crippen LogP contribution < -0.4 is 10.2 Å². The van der Waals surface area contributed by atoms with Crippen molar-refractivity contribution in [2.75, 3.05) is 11.4 Å². The van der Waals surface area contributed by atoms with Crippen LogP contribution in [0.1, 0.15) is 67.3 Å².